The van der Waals surface area contributed by atoms with Crippen molar-refractivity contribution in [1.82, 2.24) is 9.47 Å². The van der Waals surface area contributed by atoms with Crippen molar-refractivity contribution in [2.24, 2.45) is 0 Å². The number of aryl methyl sites for hydroxylation is 1. The van der Waals surface area contributed by atoms with E-state index in [0.717, 1.165) is 17.3 Å². The highest BCUT2D eigenvalue weighted by molar-refractivity contribution is 6.11. The Bertz CT molecular complexity index is 1170. The molecular weight excluding hydrogens is 380 g/mol. The van der Waals surface area contributed by atoms with Crippen LogP contribution in [0.15, 0.2) is 54.7 Å². The van der Waals surface area contributed by atoms with E-state index in [1.165, 1.54) is 0 Å². The molecule has 152 valence electrons. The Labute approximate surface area is 173 Å². The molecule has 2 aliphatic rings. The second kappa shape index (κ2) is 7.33. The van der Waals surface area contributed by atoms with Crippen molar-refractivity contribution >= 4 is 40.0 Å². The summed E-state index contributed by atoms with van der Waals surface area (Å²) in [4.78, 5) is 39.4. The van der Waals surface area contributed by atoms with Crippen LogP contribution < -0.4 is 10.6 Å². The third-order valence-corrected chi connectivity index (χ3v) is 5.87. The molecule has 0 spiro atoms. The van der Waals surface area contributed by atoms with Gasteiger partial charge in [-0.1, -0.05) is 18.2 Å². The largest absolute Gasteiger partial charge is 0.347 e. The topological polar surface area (TPSA) is 83.4 Å². The van der Waals surface area contributed by atoms with Crippen molar-refractivity contribution in [2.45, 2.75) is 31.8 Å². The van der Waals surface area contributed by atoms with Crippen LogP contribution in [0.3, 0.4) is 0 Å². The Morgan fingerprint density at radius 2 is 2.00 bits per heavy atom. The quantitative estimate of drug-likeness (QED) is 0.703. The maximum absolute atomic E-state index is 12.9. The zero-order chi connectivity index (χ0) is 20.7. The highest BCUT2D eigenvalue weighted by Gasteiger charge is 2.38. The van der Waals surface area contributed by atoms with Gasteiger partial charge in [0.25, 0.3) is 5.91 Å². The average Bonchev–Trinajstić information content (AvgIpc) is 3.38. The molecule has 3 amide bonds. The number of nitrogens with one attached hydrogen (secondary N) is 2. The van der Waals surface area contributed by atoms with Crippen molar-refractivity contribution in [3.63, 3.8) is 0 Å². The molecule has 2 aliphatic heterocycles. The summed E-state index contributed by atoms with van der Waals surface area (Å²) in [6, 6.07) is 14.7. The third-order valence-electron chi connectivity index (χ3n) is 5.87. The minimum absolute atomic E-state index is 0.128. The lowest BCUT2D eigenvalue weighted by Crippen LogP contribution is -2.40. The number of nitrogens with zero attached hydrogens (tertiary/aromatic N) is 2. The van der Waals surface area contributed by atoms with E-state index >= 15 is 0 Å². The van der Waals surface area contributed by atoms with Crippen molar-refractivity contribution in [3.05, 3.63) is 60.3 Å². The Hall–Kier alpha value is -3.61. The van der Waals surface area contributed by atoms with Crippen LogP contribution in [0.4, 0.5) is 11.4 Å². The summed E-state index contributed by atoms with van der Waals surface area (Å²) < 4.78 is 2.05. The molecule has 5 rings (SSSR count). The summed E-state index contributed by atoms with van der Waals surface area (Å²) in [6.45, 7) is 1.15. The van der Waals surface area contributed by atoms with Crippen LogP contribution in [0.5, 0.6) is 0 Å². The zero-order valence-corrected chi connectivity index (χ0v) is 16.4. The highest BCUT2D eigenvalue weighted by Crippen LogP contribution is 2.30. The van der Waals surface area contributed by atoms with Crippen molar-refractivity contribution in [3.8, 4) is 0 Å². The van der Waals surface area contributed by atoms with Crippen LogP contribution in [0.2, 0.25) is 0 Å². The third kappa shape index (κ3) is 3.22. The minimum Gasteiger partial charge on any atom is -0.347 e. The molecule has 3 heterocycles. The molecule has 1 fully saturated rings. The first kappa shape index (κ1) is 18.4. The highest BCUT2D eigenvalue weighted by atomic mass is 16.2. The fourth-order valence-corrected chi connectivity index (χ4v) is 4.34. The molecule has 2 aromatic carbocycles. The van der Waals surface area contributed by atoms with Crippen molar-refractivity contribution in [2.75, 3.05) is 17.2 Å². The summed E-state index contributed by atoms with van der Waals surface area (Å²) in [5, 5.41) is 6.87. The summed E-state index contributed by atoms with van der Waals surface area (Å²) in [5.41, 5.74) is 2.56. The maximum Gasteiger partial charge on any atom is 0.256 e. The maximum atomic E-state index is 12.9. The molecule has 0 radical (unpaired) electrons. The first-order chi connectivity index (χ1) is 14.6. The number of para-hydroxylation sites is 1. The lowest BCUT2D eigenvalue weighted by atomic mass is 10.1. The SMILES string of the molecule is O=C(CCn1ccc2ccccc21)Nc1ccc2c(c1)C(=O)N1CCCC1C(=O)N2. The van der Waals surface area contributed by atoms with Gasteiger partial charge in [-0.15, -0.1) is 0 Å². The minimum atomic E-state index is -0.403. The number of amides is 3. The van der Waals surface area contributed by atoms with Gasteiger partial charge < -0.3 is 20.1 Å². The molecule has 30 heavy (non-hydrogen) atoms. The van der Waals surface area contributed by atoms with Crippen LogP contribution in [-0.4, -0.2) is 39.8 Å². The number of hydrogen-bond donors (Lipinski definition) is 2. The molecule has 2 N–H and O–H groups in total. The lowest BCUT2D eigenvalue weighted by Gasteiger charge is -2.20. The Morgan fingerprint density at radius 3 is 2.90 bits per heavy atom. The second-order valence-electron chi connectivity index (χ2n) is 7.77. The number of hydrogen-bond acceptors (Lipinski definition) is 3. The van der Waals surface area contributed by atoms with Gasteiger partial charge in [0.1, 0.15) is 6.04 Å². The molecule has 1 atom stereocenters. The molecule has 0 bridgehead atoms. The first-order valence-electron chi connectivity index (χ1n) is 10.2. The Balaban J connectivity index is 1.30. The van der Waals surface area contributed by atoms with Crippen molar-refractivity contribution in [1.29, 1.82) is 0 Å². The standard InChI is InChI=1S/C23H22N4O3/c28-21(10-13-26-12-9-15-4-1-2-5-19(15)26)24-16-7-8-18-17(14-16)23(30)27-11-3-6-20(27)22(29)25-18/h1-2,4-5,7-9,12,14,20H,3,6,10-11,13H2,(H,24,28)(H,25,29). The number of anilines is 2. The van der Waals surface area contributed by atoms with Gasteiger partial charge in [0.2, 0.25) is 11.8 Å². The van der Waals surface area contributed by atoms with Gasteiger partial charge in [0.15, 0.2) is 0 Å². The van der Waals surface area contributed by atoms with E-state index in [9.17, 15) is 14.4 Å². The Morgan fingerprint density at radius 1 is 1.13 bits per heavy atom. The van der Waals surface area contributed by atoms with Gasteiger partial charge in [0, 0.05) is 36.9 Å². The molecule has 7 heteroatoms. The van der Waals surface area contributed by atoms with E-state index < -0.39 is 6.04 Å². The van der Waals surface area contributed by atoms with Gasteiger partial charge >= 0.3 is 0 Å². The number of rotatable bonds is 4. The number of aromatic nitrogens is 1. The smallest absolute Gasteiger partial charge is 0.256 e. The lowest BCUT2D eigenvalue weighted by molar-refractivity contribution is -0.119. The van der Waals surface area contributed by atoms with Crippen LogP contribution in [-0.2, 0) is 16.1 Å². The monoisotopic (exact) mass is 402 g/mol. The predicted molar refractivity (Wildman–Crippen MR) is 114 cm³/mol. The molecular formula is C23H22N4O3. The van der Waals surface area contributed by atoms with Crippen LogP contribution >= 0.6 is 0 Å². The second-order valence-corrected chi connectivity index (χ2v) is 7.77. The van der Waals surface area contributed by atoms with Gasteiger partial charge in [-0.25, -0.2) is 0 Å². The van der Waals surface area contributed by atoms with E-state index in [1.807, 2.05) is 36.5 Å². The molecule has 1 aromatic heterocycles. The van der Waals surface area contributed by atoms with Crippen LogP contribution in [0, 0.1) is 0 Å². The van der Waals surface area contributed by atoms with E-state index in [1.54, 1.807) is 23.1 Å². The molecule has 7 nitrogen and oxygen atoms in total. The first-order valence-corrected chi connectivity index (χ1v) is 10.2. The zero-order valence-electron chi connectivity index (χ0n) is 16.4. The van der Waals surface area contributed by atoms with Gasteiger partial charge in [-0.3, -0.25) is 14.4 Å². The van der Waals surface area contributed by atoms with Gasteiger partial charge in [-0.05, 0) is 48.6 Å². The van der Waals surface area contributed by atoms with Gasteiger partial charge in [0.05, 0.1) is 11.3 Å². The molecule has 3 aromatic rings. The van der Waals surface area contributed by atoms with Crippen LogP contribution in [0.25, 0.3) is 10.9 Å². The van der Waals surface area contributed by atoms with E-state index in [2.05, 4.69) is 15.2 Å². The van der Waals surface area contributed by atoms with E-state index in [4.69, 9.17) is 0 Å². The summed E-state index contributed by atoms with van der Waals surface area (Å²) >= 11 is 0. The van der Waals surface area contributed by atoms with Crippen molar-refractivity contribution < 1.29 is 14.4 Å². The predicted octanol–water partition coefficient (Wildman–Crippen LogP) is 3.23. The van der Waals surface area contributed by atoms with E-state index in [0.29, 0.717) is 42.9 Å². The number of carbonyl (C=O) groups excluding carboxylic acids is 3. The number of carbonyl (C=O) groups is 3. The normalized spacial score (nSPS) is 18.0. The summed E-state index contributed by atoms with van der Waals surface area (Å²) in [5.74, 6) is -0.437. The number of benzene rings is 2. The average molecular weight is 402 g/mol. The Kier molecular flexibility index (Phi) is 4.50. The fraction of sp³-hybridized carbons (Fsp3) is 0.261. The molecule has 0 aliphatic carbocycles. The van der Waals surface area contributed by atoms with Crippen LogP contribution in [0.1, 0.15) is 29.6 Å². The number of fused-ring (bicyclic) bond motifs is 3. The van der Waals surface area contributed by atoms with E-state index in [-0.39, 0.29) is 17.7 Å². The van der Waals surface area contributed by atoms with Gasteiger partial charge in [-0.2, -0.15) is 0 Å². The summed E-state index contributed by atoms with van der Waals surface area (Å²) in [7, 11) is 0. The molecule has 0 saturated carbocycles. The fourth-order valence-electron chi connectivity index (χ4n) is 4.34. The summed E-state index contributed by atoms with van der Waals surface area (Å²) in [6.07, 6.45) is 3.80. The molecule has 1 unspecified atom stereocenters. The molecule has 1 saturated heterocycles.